The van der Waals surface area contributed by atoms with Gasteiger partial charge in [-0.1, -0.05) is 29.8 Å². The summed E-state index contributed by atoms with van der Waals surface area (Å²) in [7, 11) is 0. The van der Waals surface area contributed by atoms with Crippen LogP contribution >= 0.6 is 11.3 Å². The van der Waals surface area contributed by atoms with Crippen LogP contribution in [0.1, 0.15) is 20.2 Å². The van der Waals surface area contributed by atoms with E-state index in [1.807, 2.05) is 31.2 Å². The molecule has 0 unspecified atom stereocenters. The molecule has 1 N–H and O–H groups in total. The Morgan fingerprint density at radius 2 is 2.00 bits per heavy atom. The molecule has 0 bridgehead atoms. The van der Waals surface area contributed by atoms with Crippen molar-refractivity contribution in [3.63, 3.8) is 0 Å². The Morgan fingerprint density at radius 3 is 2.64 bits per heavy atom. The molecule has 22 heavy (non-hydrogen) atoms. The first-order valence-electron chi connectivity index (χ1n) is 7.23. The van der Waals surface area contributed by atoms with E-state index in [1.165, 1.54) is 11.3 Å². The molecule has 1 aromatic carbocycles. The maximum Gasteiger partial charge on any atom is 0.348 e. The van der Waals surface area contributed by atoms with Crippen molar-refractivity contribution >= 4 is 17.3 Å². The summed E-state index contributed by atoms with van der Waals surface area (Å²) in [6.07, 6.45) is 0. The van der Waals surface area contributed by atoms with Crippen molar-refractivity contribution in [2.75, 3.05) is 26.3 Å². The van der Waals surface area contributed by atoms with Gasteiger partial charge in [0.2, 0.25) is 0 Å². The normalized spacial score (nSPS) is 15.9. The minimum Gasteiger partial charge on any atom is -0.477 e. The van der Waals surface area contributed by atoms with Crippen molar-refractivity contribution in [1.82, 2.24) is 9.88 Å². The van der Waals surface area contributed by atoms with Crippen LogP contribution in [0, 0.1) is 6.92 Å². The lowest BCUT2D eigenvalue weighted by Gasteiger charge is -2.25. The number of aryl methyl sites for hydroxylation is 1. The summed E-state index contributed by atoms with van der Waals surface area (Å²) in [5.41, 5.74) is 2.57. The maximum atomic E-state index is 11.5. The first-order chi connectivity index (χ1) is 10.6. The Bertz CT molecular complexity index is 661. The van der Waals surface area contributed by atoms with Crippen LogP contribution in [0.5, 0.6) is 0 Å². The molecular formula is C16H18N2O3S. The maximum absolute atomic E-state index is 11.5. The monoisotopic (exact) mass is 318 g/mol. The first kappa shape index (κ1) is 15.1. The highest BCUT2D eigenvalue weighted by Gasteiger charge is 2.20. The number of hydrogen-bond donors (Lipinski definition) is 1. The Balaban J connectivity index is 1.88. The van der Waals surface area contributed by atoms with Gasteiger partial charge in [0, 0.05) is 18.7 Å². The van der Waals surface area contributed by atoms with Crippen molar-refractivity contribution in [1.29, 1.82) is 0 Å². The highest BCUT2D eigenvalue weighted by atomic mass is 32.1. The molecule has 0 saturated carbocycles. The van der Waals surface area contributed by atoms with E-state index >= 15 is 0 Å². The van der Waals surface area contributed by atoms with E-state index in [4.69, 9.17) is 4.74 Å². The summed E-state index contributed by atoms with van der Waals surface area (Å²) in [5.74, 6) is -0.915. The lowest BCUT2D eigenvalue weighted by Crippen LogP contribution is -2.35. The van der Waals surface area contributed by atoms with Gasteiger partial charge in [-0.2, -0.15) is 0 Å². The fourth-order valence-electron chi connectivity index (χ4n) is 2.43. The van der Waals surface area contributed by atoms with Crippen LogP contribution in [-0.4, -0.2) is 47.3 Å². The Morgan fingerprint density at radius 1 is 1.32 bits per heavy atom. The zero-order valence-corrected chi connectivity index (χ0v) is 13.2. The van der Waals surface area contributed by atoms with Crippen molar-refractivity contribution in [3.05, 3.63) is 39.7 Å². The fraction of sp³-hybridized carbons (Fsp3) is 0.375. The molecule has 1 aromatic heterocycles. The number of aromatic carboxylic acids is 1. The van der Waals surface area contributed by atoms with Gasteiger partial charge in [-0.15, -0.1) is 11.3 Å². The van der Waals surface area contributed by atoms with E-state index in [0.717, 1.165) is 42.4 Å². The number of ether oxygens (including phenoxy) is 1. The van der Waals surface area contributed by atoms with Gasteiger partial charge in [0.05, 0.1) is 25.5 Å². The average Bonchev–Trinajstić information content (AvgIpc) is 2.93. The second kappa shape index (κ2) is 6.56. The van der Waals surface area contributed by atoms with Gasteiger partial charge < -0.3 is 9.84 Å². The van der Waals surface area contributed by atoms with Gasteiger partial charge in [0.15, 0.2) is 0 Å². The molecule has 1 aliphatic rings. The smallest absolute Gasteiger partial charge is 0.348 e. The van der Waals surface area contributed by atoms with E-state index in [-0.39, 0.29) is 0 Å². The molecule has 3 rings (SSSR count). The molecule has 6 heteroatoms. The molecule has 1 saturated heterocycles. The predicted molar refractivity (Wildman–Crippen MR) is 85.3 cm³/mol. The summed E-state index contributed by atoms with van der Waals surface area (Å²) >= 11 is 1.27. The van der Waals surface area contributed by atoms with Crippen LogP contribution in [0.2, 0.25) is 0 Å². The van der Waals surface area contributed by atoms with Crippen molar-refractivity contribution in [3.8, 4) is 11.3 Å². The largest absolute Gasteiger partial charge is 0.477 e. The first-order valence-corrected chi connectivity index (χ1v) is 8.05. The third kappa shape index (κ3) is 3.35. The number of rotatable bonds is 4. The molecule has 2 heterocycles. The molecule has 0 amide bonds. The number of hydrogen-bond acceptors (Lipinski definition) is 5. The third-order valence-electron chi connectivity index (χ3n) is 3.65. The zero-order valence-electron chi connectivity index (χ0n) is 12.4. The van der Waals surface area contributed by atoms with E-state index in [1.54, 1.807) is 0 Å². The number of nitrogens with zero attached hydrogens (tertiary/aromatic N) is 2. The van der Waals surface area contributed by atoms with Gasteiger partial charge in [0.1, 0.15) is 9.88 Å². The van der Waals surface area contributed by atoms with Gasteiger partial charge in [-0.25, -0.2) is 9.78 Å². The molecule has 0 aliphatic carbocycles. The molecule has 0 atom stereocenters. The van der Waals surface area contributed by atoms with Crippen molar-refractivity contribution < 1.29 is 14.6 Å². The minimum absolute atomic E-state index is 0.312. The topological polar surface area (TPSA) is 62.7 Å². The number of thiazole rings is 1. The summed E-state index contributed by atoms with van der Waals surface area (Å²) < 4.78 is 5.33. The van der Waals surface area contributed by atoms with Crippen LogP contribution in [-0.2, 0) is 11.3 Å². The zero-order chi connectivity index (χ0) is 15.5. The number of carboxylic acid groups (broad SMARTS) is 1. The van der Waals surface area contributed by atoms with Crippen molar-refractivity contribution in [2.24, 2.45) is 0 Å². The molecule has 2 aromatic rings. The minimum atomic E-state index is -0.915. The second-order valence-corrected chi connectivity index (χ2v) is 6.43. The average molecular weight is 318 g/mol. The van der Waals surface area contributed by atoms with Crippen LogP contribution in [0.25, 0.3) is 11.3 Å². The number of benzene rings is 1. The van der Waals surface area contributed by atoms with Crippen LogP contribution in [0.15, 0.2) is 24.3 Å². The predicted octanol–water partition coefficient (Wildman–Crippen LogP) is 2.65. The number of carbonyl (C=O) groups is 1. The molecule has 1 aliphatic heterocycles. The second-order valence-electron chi connectivity index (χ2n) is 5.35. The number of morpholine rings is 1. The summed E-state index contributed by atoms with van der Waals surface area (Å²) in [6.45, 7) is 5.86. The van der Waals surface area contributed by atoms with Crippen molar-refractivity contribution in [2.45, 2.75) is 13.5 Å². The molecule has 1 fully saturated rings. The van der Waals surface area contributed by atoms with Crippen LogP contribution in [0.3, 0.4) is 0 Å². The molecule has 0 spiro atoms. The molecular weight excluding hydrogens is 300 g/mol. The summed E-state index contributed by atoms with van der Waals surface area (Å²) in [6, 6.07) is 7.80. The summed E-state index contributed by atoms with van der Waals surface area (Å²) in [4.78, 5) is 18.6. The molecule has 116 valence electrons. The highest BCUT2D eigenvalue weighted by molar-refractivity contribution is 7.14. The van der Waals surface area contributed by atoms with Gasteiger partial charge in [0.25, 0.3) is 0 Å². The molecule has 5 nitrogen and oxygen atoms in total. The lowest BCUT2D eigenvalue weighted by molar-refractivity contribution is 0.0341. The number of carboxylic acids is 1. The SMILES string of the molecule is Cc1ccc(-c2nc(CN3CCOCC3)sc2C(=O)O)cc1. The van der Waals surface area contributed by atoms with Gasteiger partial charge in [-0.05, 0) is 6.92 Å². The lowest BCUT2D eigenvalue weighted by atomic mass is 10.1. The molecule has 0 radical (unpaired) electrons. The fourth-order valence-corrected chi connectivity index (χ4v) is 3.40. The Hall–Kier alpha value is -1.76. The Kier molecular flexibility index (Phi) is 4.52. The summed E-state index contributed by atoms with van der Waals surface area (Å²) in [5, 5.41) is 10.3. The third-order valence-corrected chi connectivity index (χ3v) is 4.68. The standard InChI is InChI=1S/C16H18N2O3S/c1-11-2-4-12(5-3-11)14-15(16(19)20)22-13(17-14)10-18-6-8-21-9-7-18/h2-5H,6-10H2,1H3,(H,19,20). The van der Waals surface area contributed by atoms with Gasteiger partial charge in [-0.3, -0.25) is 4.90 Å². The highest BCUT2D eigenvalue weighted by Crippen LogP contribution is 2.29. The van der Waals surface area contributed by atoms with Crippen LogP contribution < -0.4 is 0 Å². The van der Waals surface area contributed by atoms with Crippen LogP contribution in [0.4, 0.5) is 0 Å². The number of aromatic nitrogens is 1. The quantitative estimate of drug-likeness (QED) is 0.939. The van der Waals surface area contributed by atoms with E-state index in [0.29, 0.717) is 17.1 Å². The van der Waals surface area contributed by atoms with Gasteiger partial charge >= 0.3 is 5.97 Å². The van der Waals surface area contributed by atoms with E-state index in [9.17, 15) is 9.90 Å². The van der Waals surface area contributed by atoms with E-state index in [2.05, 4.69) is 9.88 Å². The Labute approximate surface area is 133 Å². The van der Waals surface area contributed by atoms with E-state index < -0.39 is 5.97 Å².